The summed E-state index contributed by atoms with van der Waals surface area (Å²) in [4.78, 5) is 31.7. The lowest BCUT2D eigenvalue weighted by molar-refractivity contribution is -0.122. The summed E-state index contributed by atoms with van der Waals surface area (Å²) in [5.41, 5.74) is 1.46. The summed E-state index contributed by atoms with van der Waals surface area (Å²) in [6, 6.07) is 6.67. The molecule has 8 nitrogen and oxygen atoms in total. The average Bonchev–Trinajstić information content (AvgIpc) is 2.57. The van der Waals surface area contributed by atoms with Gasteiger partial charge < -0.3 is 21.3 Å². The van der Waals surface area contributed by atoms with Crippen LogP contribution in [0.4, 0.5) is 16.2 Å². The molecule has 0 fully saturated rings. The zero-order valence-electron chi connectivity index (χ0n) is 13.5. The summed E-state index contributed by atoms with van der Waals surface area (Å²) < 4.78 is 0. The van der Waals surface area contributed by atoms with Gasteiger partial charge >= 0.3 is 6.03 Å². The third-order valence-corrected chi connectivity index (χ3v) is 2.80. The van der Waals surface area contributed by atoms with Crippen molar-refractivity contribution in [2.75, 3.05) is 31.3 Å². The molecule has 0 unspecified atom stereocenters. The van der Waals surface area contributed by atoms with Gasteiger partial charge in [-0.1, -0.05) is 6.07 Å². The van der Waals surface area contributed by atoms with Crippen LogP contribution in [0.5, 0.6) is 0 Å². The number of carbonyl (C=O) groups is 2. The summed E-state index contributed by atoms with van der Waals surface area (Å²) in [6.07, 6.45) is 2.09. The van der Waals surface area contributed by atoms with Gasteiger partial charge in [0.1, 0.15) is 0 Å². The largest absolute Gasteiger partial charge is 0.388 e. The van der Waals surface area contributed by atoms with Gasteiger partial charge in [0.15, 0.2) is 0 Å². The minimum Gasteiger partial charge on any atom is -0.388 e. The Hall–Kier alpha value is -2.90. The lowest BCUT2D eigenvalue weighted by atomic mass is 10.3. The fraction of sp³-hybridized carbons (Fsp3) is 0.333. The number of hydrogen-bond donors (Lipinski definition) is 4. The third kappa shape index (κ3) is 6.60. The van der Waals surface area contributed by atoms with Crippen molar-refractivity contribution in [1.82, 2.24) is 10.6 Å². The number of likely N-dealkylation sites (N-methyl/N-ethyl adjacent to an activating group) is 1. The Morgan fingerprint density at radius 2 is 2.00 bits per heavy atom. The van der Waals surface area contributed by atoms with Crippen LogP contribution in [0.3, 0.4) is 0 Å². The smallest absolute Gasteiger partial charge is 0.321 e. The molecule has 0 saturated carbocycles. The van der Waals surface area contributed by atoms with Crippen LogP contribution in [0.1, 0.15) is 6.92 Å². The maximum atomic E-state index is 12.0. The van der Waals surface area contributed by atoms with Crippen LogP contribution < -0.4 is 21.3 Å². The molecule has 0 aromatic heterocycles. The van der Waals surface area contributed by atoms with Crippen LogP contribution >= 0.6 is 0 Å². The quantitative estimate of drug-likeness (QED) is 0.565. The number of nitrogens with one attached hydrogen (secondary N) is 4. The molecule has 0 aliphatic carbocycles. The Balaban J connectivity index is 2.68. The highest BCUT2D eigenvalue weighted by atomic mass is 16.2. The molecule has 124 valence electrons. The molecule has 0 spiro atoms. The van der Waals surface area contributed by atoms with Crippen molar-refractivity contribution in [3.8, 4) is 0 Å². The predicted molar refractivity (Wildman–Crippen MR) is 93.5 cm³/mol. The maximum Gasteiger partial charge on any atom is 0.321 e. The van der Waals surface area contributed by atoms with Crippen molar-refractivity contribution in [2.24, 2.45) is 9.98 Å². The Kier molecular flexibility index (Phi) is 7.84. The summed E-state index contributed by atoms with van der Waals surface area (Å²) >= 11 is 0. The van der Waals surface area contributed by atoms with Gasteiger partial charge in [-0.05, 0) is 31.3 Å². The van der Waals surface area contributed by atoms with Crippen molar-refractivity contribution >= 4 is 35.7 Å². The molecule has 0 saturated heterocycles. The number of aliphatic imine (C=N–C) groups is 2. The number of urea groups is 1. The second-order valence-electron chi connectivity index (χ2n) is 4.40. The SMILES string of the molecule is C/C=N\C/C=N/[C@H](NC(=O)Nc1cccc(NC)c1)C(=O)NC. The molecule has 1 aromatic rings. The van der Waals surface area contributed by atoms with Crippen LogP contribution in [0.25, 0.3) is 0 Å². The summed E-state index contributed by atoms with van der Waals surface area (Å²) in [5.74, 6) is -0.416. The van der Waals surface area contributed by atoms with E-state index in [1.807, 2.05) is 6.07 Å². The molecule has 0 radical (unpaired) electrons. The Bertz CT molecular complexity index is 585. The number of benzene rings is 1. The topological polar surface area (TPSA) is 107 Å². The summed E-state index contributed by atoms with van der Waals surface area (Å²) in [7, 11) is 3.26. The number of nitrogens with zero attached hydrogens (tertiary/aromatic N) is 2. The number of rotatable bonds is 7. The molecule has 4 N–H and O–H groups in total. The standard InChI is InChI=1S/C15H22N6O2/c1-4-18-8-9-19-13(14(22)17-3)21-15(23)20-12-7-5-6-11(10-12)16-2/h4-7,9-10,13,16H,8H2,1-3H3,(H,17,22)(H2,20,21,23)/b18-4-,19-9+/t13-/m1/s1. The molecule has 0 aliphatic heterocycles. The second-order valence-corrected chi connectivity index (χ2v) is 4.40. The predicted octanol–water partition coefficient (Wildman–Crippen LogP) is 1.08. The monoisotopic (exact) mass is 318 g/mol. The fourth-order valence-electron chi connectivity index (χ4n) is 1.66. The number of anilines is 2. The summed E-state index contributed by atoms with van der Waals surface area (Å²) in [6.45, 7) is 2.13. The lowest BCUT2D eigenvalue weighted by Crippen LogP contribution is -2.46. The Labute approximate surface area is 135 Å². The van der Waals surface area contributed by atoms with Gasteiger partial charge in [-0.15, -0.1) is 0 Å². The van der Waals surface area contributed by atoms with Crippen LogP contribution in [-0.2, 0) is 4.79 Å². The van der Waals surface area contributed by atoms with Crippen molar-refractivity contribution < 1.29 is 9.59 Å². The van der Waals surface area contributed by atoms with E-state index in [1.165, 1.54) is 13.3 Å². The highest BCUT2D eigenvalue weighted by Crippen LogP contribution is 2.14. The van der Waals surface area contributed by atoms with Gasteiger partial charge in [-0.25, -0.2) is 4.79 Å². The Morgan fingerprint density at radius 3 is 2.65 bits per heavy atom. The number of carbonyl (C=O) groups excluding carboxylic acids is 2. The molecule has 1 atom stereocenters. The van der Waals surface area contributed by atoms with Crippen molar-refractivity contribution in [3.05, 3.63) is 24.3 Å². The molecule has 8 heteroatoms. The number of amides is 3. The van der Waals surface area contributed by atoms with E-state index >= 15 is 0 Å². The van der Waals surface area contributed by atoms with Crippen LogP contribution in [0.15, 0.2) is 34.3 Å². The van der Waals surface area contributed by atoms with Gasteiger partial charge in [-0.2, -0.15) is 0 Å². The molecule has 1 aromatic carbocycles. The van der Waals surface area contributed by atoms with E-state index in [0.717, 1.165) is 5.69 Å². The highest BCUT2D eigenvalue weighted by molar-refractivity contribution is 5.94. The zero-order valence-corrected chi connectivity index (χ0v) is 13.5. The van der Waals surface area contributed by atoms with E-state index in [0.29, 0.717) is 12.2 Å². The van der Waals surface area contributed by atoms with Crippen molar-refractivity contribution in [2.45, 2.75) is 13.1 Å². The van der Waals surface area contributed by atoms with Crippen LogP contribution in [0.2, 0.25) is 0 Å². The average molecular weight is 318 g/mol. The first-order valence-corrected chi connectivity index (χ1v) is 7.13. The van der Waals surface area contributed by atoms with E-state index in [-0.39, 0.29) is 0 Å². The minimum atomic E-state index is -1.01. The first-order chi connectivity index (χ1) is 11.1. The van der Waals surface area contributed by atoms with E-state index in [1.54, 1.807) is 38.4 Å². The van der Waals surface area contributed by atoms with Crippen molar-refractivity contribution in [1.29, 1.82) is 0 Å². The van der Waals surface area contributed by atoms with Crippen molar-refractivity contribution in [3.63, 3.8) is 0 Å². The molecule has 0 heterocycles. The van der Waals surface area contributed by atoms with E-state index in [9.17, 15) is 9.59 Å². The normalized spacial score (nSPS) is 12.1. The molecule has 0 bridgehead atoms. The first kappa shape index (κ1) is 18.1. The van der Waals surface area contributed by atoms with Crippen LogP contribution in [0, 0.1) is 0 Å². The Morgan fingerprint density at radius 1 is 1.26 bits per heavy atom. The van der Waals surface area contributed by atoms with Gasteiger partial charge in [0.2, 0.25) is 6.17 Å². The molecule has 1 rings (SSSR count). The van der Waals surface area contributed by atoms with Gasteiger partial charge in [0, 0.05) is 31.7 Å². The lowest BCUT2D eigenvalue weighted by Gasteiger charge is -2.14. The van der Waals surface area contributed by atoms with Crippen LogP contribution in [-0.4, -0.2) is 51.2 Å². The van der Waals surface area contributed by atoms with E-state index in [4.69, 9.17) is 0 Å². The van der Waals surface area contributed by atoms with E-state index < -0.39 is 18.1 Å². The first-order valence-electron chi connectivity index (χ1n) is 7.13. The van der Waals surface area contributed by atoms with Gasteiger partial charge in [0.25, 0.3) is 5.91 Å². The summed E-state index contributed by atoms with van der Waals surface area (Å²) in [5, 5.41) is 10.6. The third-order valence-electron chi connectivity index (χ3n) is 2.80. The zero-order chi connectivity index (χ0) is 17.1. The second kappa shape index (κ2) is 9.93. The maximum absolute atomic E-state index is 12.0. The van der Waals surface area contributed by atoms with Gasteiger partial charge in [0.05, 0.1) is 6.54 Å². The molecular formula is C15H22N6O2. The number of hydrogen-bond acceptors (Lipinski definition) is 5. The molecule has 23 heavy (non-hydrogen) atoms. The molecular weight excluding hydrogens is 296 g/mol. The highest BCUT2D eigenvalue weighted by Gasteiger charge is 2.17. The molecule has 0 aliphatic rings. The molecule has 3 amide bonds. The van der Waals surface area contributed by atoms with E-state index in [2.05, 4.69) is 31.3 Å². The fourth-order valence-corrected chi connectivity index (χ4v) is 1.66. The minimum absolute atomic E-state index is 0.345. The van der Waals surface area contributed by atoms with Gasteiger partial charge in [-0.3, -0.25) is 14.8 Å².